The summed E-state index contributed by atoms with van der Waals surface area (Å²) in [4.78, 5) is 14.4. The Kier molecular flexibility index (Phi) is 3.78. The van der Waals surface area contributed by atoms with Gasteiger partial charge >= 0.3 is 0 Å². The molecule has 1 atom stereocenters. The molecule has 5 nitrogen and oxygen atoms in total. The Hall–Kier alpha value is -1.75. The minimum atomic E-state index is -0.0762. The van der Waals surface area contributed by atoms with E-state index in [2.05, 4.69) is 5.32 Å². The molecule has 3 rings (SSSR count). The van der Waals surface area contributed by atoms with E-state index in [-0.39, 0.29) is 11.8 Å². The monoisotopic (exact) mass is 276 g/mol. The predicted molar refractivity (Wildman–Crippen MR) is 75.1 cm³/mol. The number of piperazine rings is 1. The molecule has 0 radical (unpaired) electrons. The van der Waals surface area contributed by atoms with Gasteiger partial charge < -0.3 is 19.7 Å². The minimum Gasteiger partial charge on any atom is -0.497 e. The molecule has 0 aliphatic carbocycles. The largest absolute Gasteiger partial charge is 0.497 e. The molecule has 0 aromatic heterocycles. The first kappa shape index (κ1) is 13.2. The smallest absolute Gasteiger partial charge is 0.229 e. The van der Waals surface area contributed by atoms with Crippen molar-refractivity contribution in [3.8, 4) is 11.5 Å². The first-order chi connectivity index (χ1) is 9.78. The molecular weight excluding hydrogens is 256 g/mol. The molecule has 20 heavy (non-hydrogen) atoms. The molecule has 5 heteroatoms. The third-order valence-corrected chi connectivity index (χ3v) is 3.95. The van der Waals surface area contributed by atoms with Crippen LogP contribution in [0.2, 0.25) is 0 Å². The van der Waals surface area contributed by atoms with Gasteiger partial charge in [0.1, 0.15) is 18.1 Å². The van der Waals surface area contributed by atoms with Crippen LogP contribution in [0.3, 0.4) is 0 Å². The highest BCUT2D eigenvalue weighted by Crippen LogP contribution is 2.31. The molecule has 2 aliphatic heterocycles. The second kappa shape index (κ2) is 5.71. The Labute approximate surface area is 118 Å². The van der Waals surface area contributed by atoms with Gasteiger partial charge in [-0.3, -0.25) is 4.79 Å². The highest BCUT2D eigenvalue weighted by molar-refractivity contribution is 5.80. The third kappa shape index (κ3) is 2.58. The van der Waals surface area contributed by atoms with Crippen molar-refractivity contribution in [2.24, 2.45) is 5.92 Å². The van der Waals surface area contributed by atoms with Gasteiger partial charge in [-0.05, 0) is 30.2 Å². The fourth-order valence-corrected chi connectivity index (χ4v) is 2.80. The molecule has 2 aliphatic rings. The summed E-state index contributed by atoms with van der Waals surface area (Å²) >= 11 is 0. The molecule has 0 bridgehead atoms. The molecule has 1 amide bonds. The van der Waals surface area contributed by atoms with Crippen LogP contribution in [0.1, 0.15) is 5.56 Å². The standard InChI is InChI=1S/C15H20N2O3/c1-19-13-2-3-14-11(9-13)8-12(10-20-14)15(18)17-6-4-16-5-7-17/h2-3,9,12,16H,4-8,10H2,1H3. The second-order valence-corrected chi connectivity index (χ2v) is 5.26. The van der Waals surface area contributed by atoms with E-state index in [4.69, 9.17) is 9.47 Å². The lowest BCUT2D eigenvalue weighted by atomic mass is 9.95. The van der Waals surface area contributed by atoms with Gasteiger partial charge in [0.15, 0.2) is 0 Å². The number of benzene rings is 1. The lowest BCUT2D eigenvalue weighted by Crippen LogP contribution is -2.50. The van der Waals surface area contributed by atoms with E-state index in [0.29, 0.717) is 6.61 Å². The SMILES string of the molecule is COc1ccc2c(c1)CC(C(=O)N1CCNCC1)CO2. The zero-order valence-corrected chi connectivity index (χ0v) is 11.7. The summed E-state index contributed by atoms with van der Waals surface area (Å²) in [5.41, 5.74) is 1.06. The van der Waals surface area contributed by atoms with Gasteiger partial charge in [0.25, 0.3) is 0 Å². The topological polar surface area (TPSA) is 50.8 Å². The number of carbonyl (C=O) groups is 1. The van der Waals surface area contributed by atoms with Crippen LogP contribution in [-0.2, 0) is 11.2 Å². The van der Waals surface area contributed by atoms with Crippen molar-refractivity contribution in [1.29, 1.82) is 0 Å². The molecule has 108 valence electrons. The van der Waals surface area contributed by atoms with Crippen LogP contribution in [0.25, 0.3) is 0 Å². The van der Waals surface area contributed by atoms with Crippen molar-refractivity contribution in [2.45, 2.75) is 6.42 Å². The Morgan fingerprint density at radius 3 is 2.95 bits per heavy atom. The van der Waals surface area contributed by atoms with Crippen LogP contribution in [0.4, 0.5) is 0 Å². The van der Waals surface area contributed by atoms with Gasteiger partial charge in [-0.2, -0.15) is 0 Å². The zero-order valence-electron chi connectivity index (χ0n) is 11.7. The summed E-state index contributed by atoms with van der Waals surface area (Å²) in [6.45, 7) is 3.82. The van der Waals surface area contributed by atoms with Crippen LogP contribution in [0.15, 0.2) is 18.2 Å². The number of nitrogens with one attached hydrogen (secondary N) is 1. The Morgan fingerprint density at radius 2 is 2.20 bits per heavy atom. The average Bonchev–Trinajstić information content (AvgIpc) is 2.54. The van der Waals surface area contributed by atoms with Crippen molar-refractivity contribution in [1.82, 2.24) is 10.2 Å². The fourth-order valence-electron chi connectivity index (χ4n) is 2.80. The van der Waals surface area contributed by atoms with Gasteiger partial charge in [0.2, 0.25) is 5.91 Å². The number of carbonyl (C=O) groups excluding carboxylic acids is 1. The minimum absolute atomic E-state index is 0.0762. The molecule has 1 aromatic rings. The zero-order chi connectivity index (χ0) is 13.9. The Morgan fingerprint density at radius 1 is 1.40 bits per heavy atom. The number of fused-ring (bicyclic) bond motifs is 1. The van der Waals surface area contributed by atoms with E-state index in [0.717, 1.165) is 49.7 Å². The highest BCUT2D eigenvalue weighted by Gasteiger charge is 2.30. The third-order valence-electron chi connectivity index (χ3n) is 3.95. The summed E-state index contributed by atoms with van der Waals surface area (Å²) < 4.78 is 11.0. The second-order valence-electron chi connectivity index (χ2n) is 5.26. The summed E-state index contributed by atoms with van der Waals surface area (Å²) in [5.74, 6) is 1.81. The molecule has 1 unspecified atom stereocenters. The molecule has 0 spiro atoms. The average molecular weight is 276 g/mol. The van der Waals surface area contributed by atoms with E-state index < -0.39 is 0 Å². The van der Waals surface area contributed by atoms with Crippen LogP contribution < -0.4 is 14.8 Å². The van der Waals surface area contributed by atoms with Crippen LogP contribution in [-0.4, -0.2) is 50.7 Å². The number of hydrogen-bond donors (Lipinski definition) is 1. The number of nitrogens with zero attached hydrogens (tertiary/aromatic N) is 1. The Balaban J connectivity index is 1.72. The maximum absolute atomic E-state index is 12.5. The fraction of sp³-hybridized carbons (Fsp3) is 0.533. The molecule has 1 fully saturated rings. The maximum atomic E-state index is 12.5. The molecule has 2 heterocycles. The van der Waals surface area contributed by atoms with Crippen molar-refractivity contribution in [3.05, 3.63) is 23.8 Å². The van der Waals surface area contributed by atoms with Gasteiger partial charge in [-0.15, -0.1) is 0 Å². The van der Waals surface area contributed by atoms with Gasteiger partial charge in [-0.1, -0.05) is 0 Å². The van der Waals surface area contributed by atoms with Crippen molar-refractivity contribution >= 4 is 5.91 Å². The van der Waals surface area contributed by atoms with Gasteiger partial charge in [0.05, 0.1) is 13.0 Å². The Bertz CT molecular complexity index is 498. The van der Waals surface area contributed by atoms with Gasteiger partial charge in [-0.25, -0.2) is 0 Å². The molecule has 0 saturated carbocycles. The van der Waals surface area contributed by atoms with Crippen LogP contribution in [0.5, 0.6) is 11.5 Å². The maximum Gasteiger partial charge on any atom is 0.229 e. The summed E-state index contributed by atoms with van der Waals surface area (Å²) in [5, 5.41) is 3.26. The normalized spacial score (nSPS) is 21.9. The van der Waals surface area contributed by atoms with Crippen molar-refractivity contribution < 1.29 is 14.3 Å². The number of ether oxygens (including phenoxy) is 2. The predicted octanol–water partition coefficient (Wildman–Crippen LogP) is 0.678. The van der Waals surface area contributed by atoms with E-state index in [9.17, 15) is 4.79 Å². The van der Waals surface area contributed by atoms with E-state index in [1.807, 2.05) is 23.1 Å². The molecular formula is C15H20N2O3. The number of rotatable bonds is 2. The quantitative estimate of drug-likeness (QED) is 0.863. The first-order valence-electron chi connectivity index (χ1n) is 7.07. The summed E-state index contributed by atoms with van der Waals surface area (Å²) in [6.07, 6.45) is 0.731. The van der Waals surface area contributed by atoms with E-state index in [1.165, 1.54) is 0 Å². The molecule has 1 N–H and O–H groups in total. The van der Waals surface area contributed by atoms with Crippen LogP contribution >= 0.6 is 0 Å². The summed E-state index contributed by atoms with van der Waals surface area (Å²) in [6, 6.07) is 5.77. The summed E-state index contributed by atoms with van der Waals surface area (Å²) in [7, 11) is 1.65. The van der Waals surface area contributed by atoms with E-state index in [1.54, 1.807) is 7.11 Å². The van der Waals surface area contributed by atoms with Gasteiger partial charge in [0, 0.05) is 26.2 Å². The molecule has 1 aromatic carbocycles. The lowest BCUT2D eigenvalue weighted by molar-refractivity contribution is -0.137. The number of methoxy groups -OCH3 is 1. The lowest BCUT2D eigenvalue weighted by Gasteiger charge is -2.33. The molecule has 1 saturated heterocycles. The van der Waals surface area contributed by atoms with Crippen molar-refractivity contribution in [3.63, 3.8) is 0 Å². The number of amides is 1. The van der Waals surface area contributed by atoms with Crippen molar-refractivity contribution in [2.75, 3.05) is 39.9 Å². The first-order valence-corrected chi connectivity index (χ1v) is 7.07. The van der Waals surface area contributed by atoms with E-state index >= 15 is 0 Å². The highest BCUT2D eigenvalue weighted by atomic mass is 16.5. The van der Waals surface area contributed by atoms with Crippen LogP contribution in [0, 0.1) is 5.92 Å². The number of hydrogen-bond acceptors (Lipinski definition) is 4.